The number of halogens is 2. The molecule has 2 aromatic rings. The maximum Gasteiger partial charge on any atom is 0.191 e. The number of rotatable bonds is 9. The van der Waals surface area contributed by atoms with Crippen LogP contribution in [0.3, 0.4) is 0 Å². The summed E-state index contributed by atoms with van der Waals surface area (Å²) in [5.74, 6) is 2.46. The van der Waals surface area contributed by atoms with E-state index < -0.39 is 6.10 Å². The number of benzene rings is 1. The van der Waals surface area contributed by atoms with E-state index in [1.54, 1.807) is 7.11 Å². The Morgan fingerprint density at radius 3 is 2.87 bits per heavy atom. The summed E-state index contributed by atoms with van der Waals surface area (Å²) in [5, 5.41) is 21.2. The molecule has 0 saturated heterocycles. The third-order valence-electron chi connectivity index (χ3n) is 4.58. The van der Waals surface area contributed by atoms with E-state index in [4.69, 9.17) is 9.47 Å². The third kappa shape index (κ3) is 7.89. The van der Waals surface area contributed by atoms with E-state index in [-0.39, 0.29) is 49.0 Å². The lowest BCUT2D eigenvalue weighted by molar-refractivity contribution is 0.114. The zero-order chi connectivity index (χ0) is 21.3. The molecule has 0 bridgehead atoms. The molecule has 0 saturated carbocycles. The smallest absolute Gasteiger partial charge is 0.191 e. The molecule has 11 heteroatoms. The highest BCUT2D eigenvalue weighted by Gasteiger charge is 2.22. The number of nitrogens with zero attached hydrogens (tertiary/aromatic N) is 4. The molecule has 1 aromatic heterocycles. The number of aromatic nitrogens is 3. The van der Waals surface area contributed by atoms with Crippen molar-refractivity contribution in [3.8, 4) is 5.75 Å². The molecule has 1 aromatic carbocycles. The second-order valence-corrected chi connectivity index (χ2v) is 7.08. The Kier molecular flexibility index (Phi) is 10.4. The van der Waals surface area contributed by atoms with Gasteiger partial charge in [-0.05, 0) is 37.6 Å². The number of guanidine groups is 1. The van der Waals surface area contributed by atoms with E-state index >= 15 is 0 Å². The molecule has 1 aliphatic rings. The van der Waals surface area contributed by atoms with E-state index in [9.17, 15) is 9.50 Å². The first-order chi connectivity index (χ1) is 14.6. The first kappa shape index (κ1) is 25.3. The molecule has 2 atom stereocenters. The highest BCUT2D eigenvalue weighted by atomic mass is 127. The highest BCUT2D eigenvalue weighted by Crippen LogP contribution is 2.14. The largest absolute Gasteiger partial charge is 0.491 e. The number of aryl methyl sites for hydroxylation is 1. The van der Waals surface area contributed by atoms with Crippen molar-refractivity contribution in [2.45, 2.75) is 45.1 Å². The van der Waals surface area contributed by atoms with E-state index in [2.05, 4.69) is 25.7 Å². The third-order valence-corrected chi connectivity index (χ3v) is 4.58. The summed E-state index contributed by atoms with van der Waals surface area (Å²) in [6.07, 6.45) is 0.948. The molecular formula is C20H30FIN6O3. The van der Waals surface area contributed by atoms with Gasteiger partial charge in [-0.15, -0.1) is 24.0 Å². The molecule has 9 nitrogen and oxygen atoms in total. The Hall–Kier alpha value is -1.99. The minimum absolute atomic E-state index is 0. The summed E-state index contributed by atoms with van der Waals surface area (Å²) in [7, 11) is 1.63. The van der Waals surface area contributed by atoms with Crippen LogP contribution < -0.4 is 15.4 Å². The number of aliphatic hydroxyl groups is 1. The summed E-state index contributed by atoms with van der Waals surface area (Å²) in [6.45, 7) is 4.02. The monoisotopic (exact) mass is 548 g/mol. The van der Waals surface area contributed by atoms with Crippen molar-refractivity contribution >= 4 is 29.9 Å². The maximum absolute atomic E-state index is 12.9. The van der Waals surface area contributed by atoms with Crippen LogP contribution in [0.15, 0.2) is 29.3 Å². The minimum Gasteiger partial charge on any atom is -0.491 e. The SMILES string of the molecule is CCNC(=NCC(O)COc1ccc(F)cc1)NC1CCc2nc(COC)nn2C1.I. The molecule has 3 rings (SSSR count). The maximum atomic E-state index is 12.9. The Morgan fingerprint density at radius 1 is 1.39 bits per heavy atom. The molecule has 0 spiro atoms. The fourth-order valence-electron chi connectivity index (χ4n) is 3.15. The van der Waals surface area contributed by atoms with Crippen molar-refractivity contribution in [1.29, 1.82) is 0 Å². The number of ether oxygens (including phenoxy) is 2. The molecule has 2 heterocycles. The number of aliphatic hydroxyl groups excluding tert-OH is 1. The van der Waals surface area contributed by atoms with Gasteiger partial charge in [0.2, 0.25) is 0 Å². The van der Waals surface area contributed by atoms with Gasteiger partial charge in [-0.1, -0.05) is 0 Å². The molecule has 0 amide bonds. The minimum atomic E-state index is -0.782. The first-order valence-corrected chi connectivity index (χ1v) is 10.1. The molecule has 1 aliphatic heterocycles. The molecule has 172 valence electrons. The Bertz CT molecular complexity index is 833. The highest BCUT2D eigenvalue weighted by molar-refractivity contribution is 14.0. The van der Waals surface area contributed by atoms with Gasteiger partial charge in [0, 0.05) is 26.1 Å². The Balaban J connectivity index is 0.00000341. The summed E-state index contributed by atoms with van der Waals surface area (Å²) < 4.78 is 25.4. The number of nitrogens with one attached hydrogen (secondary N) is 2. The second kappa shape index (κ2) is 12.8. The van der Waals surface area contributed by atoms with Crippen LogP contribution in [-0.4, -0.2) is 64.8 Å². The van der Waals surface area contributed by atoms with Crippen molar-refractivity contribution < 1.29 is 19.0 Å². The van der Waals surface area contributed by atoms with Crippen LogP contribution in [0.2, 0.25) is 0 Å². The Morgan fingerprint density at radius 2 is 2.16 bits per heavy atom. The van der Waals surface area contributed by atoms with Crippen molar-refractivity contribution in [2.75, 3.05) is 26.8 Å². The first-order valence-electron chi connectivity index (χ1n) is 10.1. The van der Waals surface area contributed by atoms with Crippen LogP contribution >= 0.6 is 24.0 Å². The van der Waals surface area contributed by atoms with E-state index in [1.807, 2.05) is 11.6 Å². The molecule has 0 aliphatic carbocycles. The fourth-order valence-corrected chi connectivity index (χ4v) is 3.15. The van der Waals surface area contributed by atoms with Gasteiger partial charge < -0.3 is 25.2 Å². The van der Waals surface area contributed by atoms with Crippen LogP contribution in [0.5, 0.6) is 5.75 Å². The zero-order valence-electron chi connectivity index (χ0n) is 17.8. The predicted molar refractivity (Wildman–Crippen MR) is 125 cm³/mol. The van der Waals surface area contributed by atoms with Crippen LogP contribution in [0.25, 0.3) is 0 Å². The van der Waals surface area contributed by atoms with Gasteiger partial charge in [0.05, 0.1) is 13.1 Å². The van der Waals surface area contributed by atoms with Crippen LogP contribution in [0, 0.1) is 5.82 Å². The van der Waals surface area contributed by atoms with Crippen molar-refractivity contribution in [3.63, 3.8) is 0 Å². The Labute approximate surface area is 198 Å². The van der Waals surface area contributed by atoms with Crippen LogP contribution in [0.1, 0.15) is 25.0 Å². The van der Waals surface area contributed by atoms with Crippen LogP contribution in [-0.2, 0) is 24.3 Å². The van der Waals surface area contributed by atoms with E-state index in [0.29, 0.717) is 37.2 Å². The van der Waals surface area contributed by atoms with Gasteiger partial charge in [-0.25, -0.2) is 14.1 Å². The number of hydrogen-bond donors (Lipinski definition) is 3. The summed E-state index contributed by atoms with van der Waals surface area (Å²) in [5.41, 5.74) is 0. The van der Waals surface area contributed by atoms with Gasteiger partial charge in [0.1, 0.15) is 36.7 Å². The van der Waals surface area contributed by atoms with E-state index in [0.717, 1.165) is 18.7 Å². The van der Waals surface area contributed by atoms with Crippen molar-refractivity contribution in [3.05, 3.63) is 41.7 Å². The standard InChI is InChI=1S/C20H29FN6O3.HI/c1-3-22-20(23-10-16(28)12-30-17-7-4-14(21)5-8-17)24-15-6-9-19-25-18(13-29-2)26-27(19)11-15;/h4-5,7-8,15-16,28H,3,6,9-13H2,1-2H3,(H2,22,23,24);1H. The van der Waals surface area contributed by atoms with Gasteiger partial charge in [-0.3, -0.25) is 4.99 Å². The second-order valence-electron chi connectivity index (χ2n) is 7.08. The zero-order valence-corrected chi connectivity index (χ0v) is 20.1. The molecule has 0 fully saturated rings. The quantitative estimate of drug-likeness (QED) is 0.248. The van der Waals surface area contributed by atoms with Gasteiger partial charge >= 0.3 is 0 Å². The van der Waals surface area contributed by atoms with Gasteiger partial charge in [0.15, 0.2) is 11.8 Å². The summed E-state index contributed by atoms with van der Waals surface area (Å²) >= 11 is 0. The molecule has 0 radical (unpaired) electrons. The number of fused-ring (bicyclic) bond motifs is 1. The number of aliphatic imine (C=N–C) groups is 1. The lowest BCUT2D eigenvalue weighted by atomic mass is 10.1. The fraction of sp³-hybridized carbons (Fsp3) is 0.550. The average molecular weight is 548 g/mol. The van der Waals surface area contributed by atoms with Gasteiger partial charge in [0.25, 0.3) is 0 Å². The number of hydrogen-bond acceptors (Lipinski definition) is 6. The van der Waals surface area contributed by atoms with Crippen molar-refractivity contribution in [1.82, 2.24) is 25.4 Å². The van der Waals surface area contributed by atoms with Gasteiger partial charge in [-0.2, -0.15) is 5.10 Å². The summed E-state index contributed by atoms with van der Waals surface area (Å²) in [4.78, 5) is 8.95. The predicted octanol–water partition coefficient (Wildman–Crippen LogP) is 1.49. The van der Waals surface area contributed by atoms with Crippen LogP contribution in [0.4, 0.5) is 4.39 Å². The average Bonchev–Trinajstić information content (AvgIpc) is 3.14. The molecule has 3 N–H and O–H groups in total. The topological polar surface area (TPSA) is 106 Å². The molecular weight excluding hydrogens is 518 g/mol. The van der Waals surface area contributed by atoms with E-state index in [1.165, 1.54) is 24.3 Å². The number of methoxy groups -OCH3 is 1. The lowest BCUT2D eigenvalue weighted by Crippen LogP contribution is -2.47. The molecule has 31 heavy (non-hydrogen) atoms. The summed E-state index contributed by atoms with van der Waals surface area (Å²) in [6, 6.07) is 5.83. The van der Waals surface area contributed by atoms with Crippen molar-refractivity contribution in [2.24, 2.45) is 4.99 Å². The lowest BCUT2D eigenvalue weighted by Gasteiger charge is -2.25. The molecule has 2 unspecified atom stereocenters. The normalized spacial score (nSPS) is 16.8.